The average Bonchev–Trinajstić information content (AvgIpc) is 2.99. The van der Waals surface area contributed by atoms with Gasteiger partial charge in [0.25, 0.3) is 0 Å². The Hall–Kier alpha value is -2.48. The Balaban J connectivity index is 1.62. The normalized spacial score (nSPS) is 22.7. The molecule has 8 heteroatoms. The van der Waals surface area contributed by atoms with Gasteiger partial charge >= 0.3 is 6.03 Å². The Labute approximate surface area is 133 Å². The molecule has 4 N–H and O–H groups in total. The summed E-state index contributed by atoms with van der Waals surface area (Å²) in [5.41, 5.74) is 5.91. The van der Waals surface area contributed by atoms with Crippen LogP contribution in [0.25, 0.3) is 0 Å². The third-order valence-electron chi connectivity index (χ3n) is 4.17. The fourth-order valence-corrected chi connectivity index (χ4v) is 2.97. The fourth-order valence-electron chi connectivity index (χ4n) is 2.97. The lowest BCUT2D eigenvalue weighted by atomic mass is 9.87. The highest BCUT2D eigenvalue weighted by atomic mass is 16.7. The number of primary amides is 1. The molecule has 1 aromatic rings. The van der Waals surface area contributed by atoms with Crippen LogP contribution in [0.5, 0.6) is 11.5 Å². The molecule has 0 aliphatic carbocycles. The van der Waals surface area contributed by atoms with E-state index in [1.807, 2.05) is 18.2 Å². The Morgan fingerprint density at radius 1 is 1.35 bits per heavy atom. The van der Waals surface area contributed by atoms with E-state index in [-0.39, 0.29) is 31.7 Å². The first-order valence-corrected chi connectivity index (χ1v) is 7.43. The number of carbonyl (C=O) groups is 2. The summed E-state index contributed by atoms with van der Waals surface area (Å²) in [6.07, 6.45) is -0.0509. The molecule has 3 amide bonds. The van der Waals surface area contributed by atoms with Crippen molar-refractivity contribution < 1.29 is 24.2 Å². The molecule has 2 aliphatic rings. The molecule has 2 aliphatic heterocycles. The van der Waals surface area contributed by atoms with Gasteiger partial charge in [-0.15, -0.1) is 0 Å². The number of nitrogens with zero attached hydrogens (tertiary/aromatic N) is 1. The number of amides is 3. The molecule has 124 valence electrons. The van der Waals surface area contributed by atoms with Gasteiger partial charge in [-0.3, -0.25) is 4.79 Å². The fraction of sp³-hybridized carbons (Fsp3) is 0.467. The molecule has 23 heavy (non-hydrogen) atoms. The predicted molar refractivity (Wildman–Crippen MR) is 80.1 cm³/mol. The minimum atomic E-state index is -0.742. The number of β-amino-alcohol motifs (C(OH)–C–C–N with tert-alkyl or cyclic N) is 1. The summed E-state index contributed by atoms with van der Waals surface area (Å²) in [6.45, 7) is 0.783. The van der Waals surface area contributed by atoms with E-state index < -0.39 is 12.1 Å². The quantitative estimate of drug-likeness (QED) is 0.711. The van der Waals surface area contributed by atoms with E-state index in [0.29, 0.717) is 24.5 Å². The summed E-state index contributed by atoms with van der Waals surface area (Å²) >= 11 is 0. The van der Waals surface area contributed by atoms with Gasteiger partial charge in [0.1, 0.15) is 0 Å². The highest BCUT2D eigenvalue weighted by Crippen LogP contribution is 2.37. The van der Waals surface area contributed by atoms with Gasteiger partial charge < -0.3 is 30.5 Å². The maximum atomic E-state index is 12.0. The summed E-state index contributed by atoms with van der Waals surface area (Å²) in [4.78, 5) is 24.1. The van der Waals surface area contributed by atoms with Crippen molar-refractivity contribution in [1.29, 1.82) is 0 Å². The molecule has 1 aromatic carbocycles. The van der Waals surface area contributed by atoms with E-state index in [2.05, 4.69) is 5.32 Å². The van der Waals surface area contributed by atoms with E-state index in [1.165, 1.54) is 4.90 Å². The number of hydrogen-bond donors (Lipinski definition) is 3. The molecule has 0 bridgehead atoms. The first kappa shape index (κ1) is 15.4. The Kier molecular flexibility index (Phi) is 4.24. The third kappa shape index (κ3) is 3.31. The maximum absolute atomic E-state index is 12.0. The number of ether oxygens (including phenoxy) is 2. The number of rotatable bonds is 3. The first-order chi connectivity index (χ1) is 11.0. The second kappa shape index (κ2) is 6.33. The van der Waals surface area contributed by atoms with E-state index in [1.54, 1.807) is 0 Å². The van der Waals surface area contributed by atoms with Gasteiger partial charge in [0.05, 0.1) is 12.6 Å². The summed E-state index contributed by atoms with van der Waals surface area (Å²) < 4.78 is 10.6. The molecule has 1 saturated heterocycles. The number of nitrogens with two attached hydrogens (primary N) is 1. The van der Waals surface area contributed by atoms with Crippen LogP contribution in [-0.4, -0.2) is 54.5 Å². The standard InChI is InChI=1S/C15H19N3O5/c16-15(21)17-6-14(20)18-4-3-10(11(19)7-18)9-1-2-12-13(5-9)23-8-22-12/h1-2,5,10-11,19H,3-4,6-8H2,(H3,16,17,21). The molecule has 8 nitrogen and oxygen atoms in total. The van der Waals surface area contributed by atoms with Gasteiger partial charge in [0.2, 0.25) is 12.7 Å². The zero-order chi connectivity index (χ0) is 16.4. The lowest BCUT2D eigenvalue weighted by Crippen LogP contribution is -2.49. The van der Waals surface area contributed by atoms with Crippen LogP contribution in [0.15, 0.2) is 18.2 Å². The summed E-state index contributed by atoms with van der Waals surface area (Å²) in [7, 11) is 0. The van der Waals surface area contributed by atoms with Gasteiger partial charge in [0.15, 0.2) is 11.5 Å². The van der Waals surface area contributed by atoms with Crippen molar-refractivity contribution in [2.24, 2.45) is 5.73 Å². The van der Waals surface area contributed by atoms with Crippen molar-refractivity contribution in [1.82, 2.24) is 10.2 Å². The molecule has 0 aromatic heterocycles. The number of piperidine rings is 1. The SMILES string of the molecule is NC(=O)NCC(=O)N1CCC(c2ccc3c(c2)OCO3)C(O)C1. The molecule has 1 fully saturated rings. The number of likely N-dealkylation sites (tertiary alicyclic amines) is 1. The molecular weight excluding hydrogens is 302 g/mol. The van der Waals surface area contributed by atoms with Crippen LogP contribution in [0.3, 0.4) is 0 Å². The smallest absolute Gasteiger partial charge is 0.312 e. The minimum absolute atomic E-state index is 0.0716. The molecule has 0 spiro atoms. The lowest BCUT2D eigenvalue weighted by Gasteiger charge is -2.36. The first-order valence-electron chi connectivity index (χ1n) is 7.43. The highest BCUT2D eigenvalue weighted by molar-refractivity contribution is 5.83. The summed E-state index contributed by atoms with van der Waals surface area (Å²) in [6, 6.07) is 4.88. The number of aliphatic hydroxyl groups excluding tert-OH is 1. The Morgan fingerprint density at radius 3 is 2.87 bits per heavy atom. The largest absolute Gasteiger partial charge is 0.454 e. The topological polar surface area (TPSA) is 114 Å². The monoisotopic (exact) mass is 321 g/mol. The predicted octanol–water partition coefficient (Wildman–Crippen LogP) is -0.240. The lowest BCUT2D eigenvalue weighted by molar-refractivity contribution is -0.133. The third-order valence-corrected chi connectivity index (χ3v) is 4.17. The number of hydrogen-bond acceptors (Lipinski definition) is 5. The van der Waals surface area contributed by atoms with Crippen molar-refractivity contribution in [2.45, 2.75) is 18.4 Å². The van der Waals surface area contributed by atoms with Crippen molar-refractivity contribution in [3.63, 3.8) is 0 Å². The van der Waals surface area contributed by atoms with Crippen LogP contribution in [0.2, 0.25) is 0 Å². The molecule has 2 atom stereocenters. The second-order valence-electron chi connectivity index (χ2n) is 5.63. The van der Waals surface area contributed by atoms with Crippen LogP contribution in [0, 0.1) is 0 Å². The van der Waals surface area contributed by atoms with Gasteiger partial charge in [-0.1, -0.05) is 6.07 Å². The van der Waals surface area contributed by atoms with Gasteiger partial charge in [-0.2, -0.15) is 0 Å². The van der Waals surface area contributed by atoms with Gasteiger partial charge in [0, 0.05) is 19.0 Å². The number of benzene rings is 1. The van der Waals surface area contributed by atoms with Crippen LogP contribution < -0.4 is 20.5 Å². The molecule has 0 saturated carbocycles. The Bertz CT molecular complexity index is 621. The minimum Gasteiger partial charge on any atom is -0.454 e. The molecule has 3 rings (SSSR count). The molecule has 2 heterocycles. The van der Waals surface area contributed by atoms with Crippen LogP contribution in [-0.2, 0) is 4.79 Å². The molecule has 2 unspecified atom stereocenters. The zero-order valence-electron chi connectivity index (χ0n) is 12.5. The van der Waals surface area contributed by atoms with E-state index in [9.17, 15) is 14.7 Å². The van der Waals surface area contributed by atoms with Crippen molar-refractivity contribution in [3.8, 4) is 11.5 Å². The van der Waals surface area contributed by atoms with E-state index in [4.69, 9.17) is 15.2 Å². The van der Waals surface area contributed by atoms with Gasteiger partial charge in [-0.05, 0) is 24.1 Å². The van der Waals surface area contributed by atoms with Crippen LogP contribution in [0.1, 0.15) is 17.9 Å². The maximum Gasteiger partial charge on any atom is 0.312 e. The summed E-state index contributed by atoms with van der Waals surface area (Å²) in [5, 5.41) is 12.7. The summed E-state index contributed by atoms with van der Waals surface area (Å²) in [5.74, 6) is 1.05. The number of fused-ring (bicyclic) bond motifs is 1. The number of carbonyl (C=O) groups excluding carboxylic acids is 2. The van der Waals surface area contributed by atoms with Gasteiger partial charge in [-0.25, -0.2) is 4.79 Å². The average molecular weight is 321 g/mol. The van der Waals surface area contributed by atoms with Crippen LogP contribution >= 0.6 is 0 Å². The van der Waals surface area contributed by atoms with E-state index >= 15 is 0 Å². The molecular formula is C15H19N3O5. The van der Waals surface area contributed by atoms with Crippen LogP contribution in [0.4, 0.5) is 4.79 Å². The number of aliphatic hydroxyl groups is 1. The van der Waals surface area contributed by atoms with E-state index in [0.717, 1.165) is 5.56 Å². The number of urea groups is 1. The highest BCUT2D eigenvalue weighted by Gasteiger charge is 2.32. The van der Waals surface area contributed by atoms with Crippen molar-refractivity contribution in [3.05, 3.63) is 23.8 Å². The zero-order valence-corrected chi connectivity index (χ0v) is 12.5. The van der Waals surface area contributed by atoms with Crippen molar-refractivity contribution >= 4 is 11.9 Å². The number of nitrogens with one attached hydrogen (secondary N) is 1. The van der Waals surface area contributed by atoms with Crippen molar-refractivity contribution in [2.75, 3.05) is 26.4 Å². The Morgan fingerprint density at radius 2 is 2.13 bits per heavy atom. The second-order valence-corrected chi connectivity index (χ2v) is 5.63. The molecule has 0 radical (unpaired) electrons.